The molecule has 0 fully saturated rings. The van der Waals surface area contributed by atoms with Gasteiger partial charge in [-0.2, -0.15) is 0 Å². The molecule has 1 heterocycles. The molecule has 1 aromatic carbocycles. The first-order valence-corrected chi connectivity index (χ1v) is 5.76. The normalized spacial score (nSPS) is 11.0. The highest BCUT2D eigenvalue weighted by molar-refractivity contribution is 7.80. The first-order chi connectivity index (χ1) is 6.20. The molecule has 13 heavy (non-hydrogen) atoms. The highest BCUT2D eigenvalue weighted by Crippen LogP contribution is 2.34. The van der Waals surface area contributed by atoms with E-state index in [2.05, 4.69) is 31.7 Å². The van der Waals surface area contributed by atoms with E-state index in [1.807, 2.05) is 6.07 Å². The fourth-order valence-corrected chi connectivity index (χ4v) is 3.01. The Labute approximate surface area is 91.9 Å². The van der Waals surface area contributed by atoms with Gasteiger partial charge in [0.15, 0.2) is 0 Å². The molecule has 1 aromatic heterocycles. The molecule has 3 heteroatoms. The van der Waals surface area contributed by atoms with Crippen LogP contribution >= 0.6 is 35.6 Å². The Hall–Kier alpha value is -0.180. The quantitative estimate of drug-likeness (QED) is 0.687. The molecule has 0 nitrogen and oxygen atoms in total. The summed E-state index contributed by atoms with van der Waals surface area (Å²) in [5, 5.41) is 1.16. The summed E-state index contributed by atoms with van der Waals surface area (Å²) in [7, 11) is 0. The number of halogens is 1. The van der Waals surface area contributed by atoms with E-state index in [1.165, 1.54) is 10.3 Å². The van der Waals surface area contributed by atoms with Crippen molar-refractivity contribution in [2.24, 2.45) is 0 Å². The van der Waals surface area contributed by atoms with Crippen molar-refractivity contribution >= 4 is 45.7 Å². The van der Waals surface area contributed by atoms with Crippen LogP contribution in [0.2, 0.25) is 4.34 Å². The number of aryl methyl sites for hydroxylation is 1. The van der Waals surface area contributed by atoms with Crippen LogP contribution in [0, 0.1) is 0 Å². The van der Waals surface area contributed by atoms with Gasteiger partial charge in [0.05, 0.1) is 4.34 Å². The lowest BCUT2D eigenvalue weighted by molar-refractivity contribution is 1.14. The highest BCUT2D eigenvalue weighted by atomic mass is 35.5. The molecular formula is C10H9ClS2. The Kier molecular flexibility index (Phi) is 2.54. The Morgan fingerprint density at radius 3 is 2.85 bits per heavy atom. The largest absolute Gasteiger partial charge is 0.143 e. The predicted molar refractivity (Wildman–Crippen MR) is 63.5 cm³/mol. The minimum absolute atomic E-state index is 0.832. The van der Waals surface area contributed by atoms with Gasteiger partial charge in [-0.3, -0.25) is 0 Å². The summed E-state index contributed by atoms with van der Waals surface area (Å²) in [6.45, 7) is 2.14. The van der Waals surface area contributed by atoms with E-state index in [4.69, 9.17) is 11.6 Å². The zero-order valence-electron chi connectivity index (χ0n) is 7.17. The number of rotatable bonds is 1. The van der Waals surface area contributed by atoms with Crippen molar-refractivity contribution in [3.63, 3.8) is 0 Å². The monoisotopic (exact) mass is 228 g/mol. The van der Waals surface area contributed by atoms with Gasteiger partial charge in [0, 0.05) is 15.0 Å². The van der Waals surface area contributed by atoms with Crippen LogP contribution in [-0.2, 0) is 6.42 Å². The van der Waals surface area contributed by atoms with E-state index >= 15 is 0 Å². The molecule has 0 saturated heterocycles. The second-order valence-electron chi connectivity index (χ2n) is 2.93. The lowest BCUT2D eigenvalue weighted by Crippen LogP contribution is -1.79. The van der Waals surface area contributed by atoms with Gasteiger partial charge in [0.2, 0.25) is 0 Å². The van der Waals surface area contributed by atoms with Gasteiger partial charge in [-0.25, -0.2) is 0 Å². The number of fused-ring (bicyclic) bond motifs is 1. The summed E-state index contributed by atoms with van der Waals surface area (Å²) in [4.78, 5) is 1.03. The second kappa shape index (κ2) is 3.52. The average molecular weight is 229 g/mol. The maximum absolute atomic E-state index is 5.94. The maximum Gasteiger partial charge on any atom is 0.0941 e. The molecule has 2 rings (SSSR count). The smallest absolute Gasteiger partial charge is 0.0941 e. The third kappa shape index (κ3) is 1.71. The highest BCUT2D eigenvalue weighted by Gasteiger charge is 2.04. The van der Waals surface area contributed by atoms with Crippen molar-refractivity contribution < 1.29 is 0 Å². The van der Waals surface area contributed by atoms with Gasteiger partial charge in [-0.05, 0) is 30.2 Å². The van der Waals surface area contributed by atoms with Gasteiger partial charge >= 0.3 is 0 Å². The molecule has 0 N–H and O–H groups in total. The minimum Gasteiger partial charge on any atom is -0.143 e. The summed E-state index contributed by atoms with van der Waals surface area (Å²) < 4.78 is 2.06. The van der Waals surface area contributed by atoms with Crippen molar-refractivity contribution in [2.75, 3.05) is 0 Å². The fourth-order valence-electron chi connectivity index (χ4n) is 1.35. The number of thiol groups is 1. The Morgan fingerprint density at radius 2 is 2.15 bits per heavy atom. The lowest BCUT2D eigenvalue weighted by Gasteiger charge is -1.99. The van der Waals surface area contributed by atoms with Gasteiger partial charge in [0.1, 0.15) is 0 Å². The molecule has 0 bridgehead atoms. The zero-order chi connectivity index (χ0) is 9.42. The second-order valence-corrected chi connectivity index (χ2v) is 5.13. The third-order valence-electron chi connectivity index (χ3n) is 2.05. The summed E-state index contributed by atoms with van der Waals surface area (Å²) in [6, 6.07) is 6.27. The minimum atomic E-state index is 0.832. The van der Waals surface area contributed by atoms with Crippen LogP contribution in [0.25, 0.3) is 10.1 Å². The number of hydrogen-bond donors (Lipinski definition) is 1. The molecule has 2 aromatic rings. The Bertz CT molecular complexity index is 445. The number of hydrogen-bond acceptors (Lipinski definition) is 2. The van der Waals surface area contributed by atoms with E-state index < -0.39 is 0 Å². The molecule has 0 radical (unpaired) electrons. The third-order valence-corrected chi connectivity index (χ3v) is 3.63. The Balaban J connectivity index is 2.75. The van der Waals surface area contributed by atoms with Crippen LogP contribution in [0.1, 0.15) is 12.5 Å². The van der Waals surface area contributed by atoms with Crippen LogP contribution < -0.4 is 0 Å². The summed E-state index contributed by atoms with van der Waals surface area (Å²) in [5.41, 5.74) is 1.32. The van der Waals surface area contributed by atoms with Crippen molar-refractivity contribution in [1.82, 2.24) is 0 Å². The molecule has 0 aliphatic carbocycles. The van der Waals surface area contributed by atoms with Crippen molar-refractivity contribution in [2.45, 2.75) is 18.2 Å². The van der Waals surface area contributed by atoms with Crippen LogP contribution in [-0.4, -0.2) is 0 Å². The van der Waals surface area contributed by atoms with Crippen molar-refractivity contribution in [1.29, 1.82) is 0 Å². The van der Waals surface area contributed by atoms with E-state index in [-0.39, 0.29) is 0 Å². The average Bonchev–Trinajstić information content (AvgIpc) is 2.46. The van der Waals surface area contributed by atoms with Crippen LogP contribution in [0.3, 0.4) is 0 Å². The Morgan fingerprint density at radius 1 is 1.38 bits per heavy atom. The molecule has 0 unspecified atom stereocenters. The zero-order valence-corrected chi connectivity index (χ0v) is 9.64. The van der Waals surface area contributed by atoms with E-state index in [0.717, 1.165) is 21.0 Å². The van der Waals surface area contributed by atoms with Crippen molar-refractivity contribution in [3.8, 4) is 0 Å². The fraction of sp³-hybridized carbons (Fsp3) is 0.200. The van der Waals surface area contributed by atoms with Crippen LogP contribution in [0.4, 0.5) is 0 Å². The molecule has 0 saturated carbocycles. The lowest BCUT2D eigenvalue weighted by atomic mass is 10.1. The molecule has 0 spiro atoms. The van der Waals surface area contributed by atoms with Crippen LogP contribution in [0.5, 0.6) is 0 Å². The van der Waals surface area contributed by atoms with Crippen molar-refractivity contribution in [3.05, 3.63) is 28.1 Å². The molecule has 0 atom stereocenters. The maximum atomic E-state index is 5.94. The first kappa shape index (κ1) is 9.38. The SMILES string of the molecule is CCc1cc(S)c2cc(Cl)sc2c1. The van der Waals surface area contributed by atoms with E-state index in [1.54, 1.807) is 11.3 Å². The number of thiophene rings is 1. The first-order valence-electron chi connectivity index (χ1n) is 4.11. The number of benzene rings is 1. The van der Waals surface area contributed by atoms with Gasteiger partial charge in [-0.15, -0.1) is 24.0 Å². The molecule has 0 aliphatic rings. The van der Waals surface area contributed by atoms with Gasteiger partial charge in [0.25, 0.3) is 0 Å². The molecule has 0 amide bonds. The molecule has 68 valence electrons. The summed E-state index contributed by atoms with van der Waals surface area (Å²) in [6.07, 6.45) is 1.04. The summed E-state index contributed by atoms with van der Waals surface area (Å²) >= 11 is 12.0. The van der Waals surface area contributed by atoms with E-state index in [9.17, 15) is 0 Å². The molecule has 0 aliphatic heterocycles. The standard InChI is InChI=1S/C10H9ClS2/c1-2-6-3-8(12)7-5-10(11)13-9(7)4-6/h3-5,12H,2H2,1H3. The predicted octanol–water partition coefficient (Wildman–Crippen LogP) is 4.41. The summed E-state index contributed by atoms with van der Waals surface area (Å²) in [5.74, 6) is 0. The van der Waals surface area contributed by atoms with Crippen LogP contribution in [0.15, 0.2) is 23.1 Å². The molecular weight excluding hydrogens is 220 g/mol. The topological polar surface area (TPSA) is 0 Å². The van der Waals surface area contributed by atoms with Gasteiger partial charge in [-0.1, -0.05) is 18.5 Å². The van der Waals surface area contributed by atoms with Gasteiger partial charge < -0.3 is 0 Å². The van der Waals surface area contributed by atoms with E-state index in [0.29, 0.717) is 0 Å².